The van der Waals surface area contributed by atoms with E-state index in [9.17, 15) is 0 Å². The van der Waals surface area contributed by atoms with Crippen LogP contribution in [0.5, 0.6) is 0 Å². The third kappa shape index (κ3) is 9.75. The van der Waals surface area contributed by atoms with Gasteiger partial charge in [-0.2, -0.15) is 0 Å². The number of halogens is 6. The molecule has 0 amide bonds. The highest BCUT2D eigenvalue weighted by molar-refractivity contribution is 9.10. The maximum atomic E-state index is 5.31. The molecule has 0 aliphatic heterocycles. The van der Waals surface area contributed by atoms with Crippen LogP contribution in [0.2, 0.25) is 0 Å². The second kappa shape index (κ2) is 15.1. The summed E-state index contributed by atoms with van der Waals surface area (Å²) in [7, 11) is 0. The third-order valence-corrected chi connectivity index (χ3v) is 1.95. The van der Waals surface area contributed by atoms with Crippen LogP contribution in [0.3, 0.4) is 0 Å². The van der Waals surface area contributed by atoms with Gasteiger partial charge in [0.15, 0.2) is 0 Å². The number of rotatable bonds is 1. The summed E-state index contributed by atoms with van der Waals surface area (Å²) in [4.78, 5) is 1.07. The van der Waals surface area contributed by atoms with Gasteiger partial charge in [-0.25, -0.2) is 0 Å². The zero-order valence-corrected chi connectivity index (χ0v) is 9.12. The molecule has 1 aromatic rings. The quantitative estimate of drug-likeness (QED) is 0.637. The van der Waals surface area contributed by atoms with Crippen LogP contribution in [0.25, 0.3) is 0 Å². The minimum absolute atomic E-state index is 0. The molecule has 0 aromatic heterocycles. The van der Waals surface area contributed by atoms with E-state index in [-0.39, 0.29) is 23.5 Å². The molecule has 88 valence electrons. The molecule has 0 unspecified atom stereocenters. The van der Waals surface area contributed by atoms with Crippen molar-refractivity contribution in [3.05, 3.63) is 28.7 Å². The minimum atomic E-state index is 0. The molecular weight excluding hydrogens is 293 g/mol. The lowest BCUT2D eigenvalue weighted by molar-refractivity contribution is 1.11. The van der Waals surface area contributed by atoms with E-state index < -0.39 is 0 Å². The van der Waals surface area contributed by atoms with Crippen LogP contribution >= 0.6 is 27.9 Å². The van der Waals surface area contributed by atoms with Crippen LogP contribution in [0, 0.1) is 0 Å². The maximum Gasteiger partial charge on any atom is 0.0237 e. The number of benzene rings is 1. The van der Waals surface area contributed by atoms with Gasteiger partial charge in [-0.05, 0) is 30.1 Å². The van der Waals surface area contributed by atoms with E-state index in [1.165, 1.54) is 11.9 Å². The number of hydrogen-bond donors (Lipinski definition) is 1. The van der Waals surface area contributed by atoms with E-state index >= 15 is 0 Å². The molecule has 8 heteroatoms. The van der Waals surface area contributed by atoms with Crippen molar-refractivity contribution in [3.63, 3.8) is 0 Å². The molecule has 0 bridgehead atoms. The van der Waals surface area contributed by atoms with Gasteiger partial charge in [-0.15, -0.1) is 0 Å². The highest BCUT2D eigenvalue weighted by atomic mass is 79.9. The highest BCUT2D eigenvalue weighted by Gasteiger charge is 1.88. The summed E-state index contributed by atoms with van der Waals surface area (Å²) >= 11 is 4.59. The van der Waals surface area contributed by atoms with Crippen molar-refractivity contribution in [1.29, 1.82) is 0 Å². The summed E-state index contributed by atoms with van der Waals surface area (Å²) < 4.78 is 1.07. The first-order valence-corrected chi connectivity index (χ1v) is 4.12. The Hall–Kier alpha value is -0.340. The van der Waals surface area contributed by atoms with Crippen molar-refractivity contribution < 1.29 is 23.5 Å². The predicted molar refractivity (Wildman–Crippen MR) is 56.7 cm³/mol. The summed E-state index contributed by atoms with van der Waals surface area (Å²) in [5.74, 6) is 0. The second-order valence-corrected chi connectivity index (χ2v) is 3.20. The largest absolute Gasteiger partial charge is 0.274 e. The van der Waals surface area contributed by atoms with Crippen molar-refractivity contribution in [2.75, 3.05) is 0 Å². The first kappa shape index (κ1) is 29.2. The fourth-order valence-electron chi connectivity index (χ4n) is 0.540. The molecule has 1 aromatic carbocycles. The highest BCUT2D eigenvalue weighted by Crippen LogP contribution is 2.16. The molecule has 0 heterocycles. The van der Waals surface area contributed by atoms with E-state index in [1.54, 1.807) is 0 Å². The average Bonchev–Trinajstić information content (AvgIpc) is 1.88. The molecule has 0 fully saturated rings. The Morgan fingerprint density at radius 1 is 1.00 bits per heavy atom. The molecule has 0 spiro atoms. The van der Waals surface area contributed by atoms with Crippen molar-refractivity contribution in [3.8, 4) is 0 Å². The summed E-state index contributed by atoms with van der Waals surface area (Å²) in [6, 6.07) is 7.87. The van der Waals surface area contributed by atoms with E-state index in [1.807, 2.05) is 24.3 Å². The fourth-order valence-corrected chi connectivity index (χ4v) is 1.44. The lowest BCUT2D eigenvalue weighted by atomic mass is 10.4. The van der Waals surface area contributed by atoms with E-state index in [0.29, 0.717) is 0 Å². The Morgan fingerprint density at radius 3 is 1.79 bits per heavy atom. The van der Waals surface area contributed by atoms with Gasteiger partial charge in [0.2, 0.25) is 0 Å². The normalized spacial score (nSPS) is 6.14. The van der Waals surface area contributed by atoms with E-state index in [2.05, 4.69) is 15.9 Å². The van der Waals surface area contributed by atoms with E-state index in [0.717, 1.165) is 9.37 Å². The number of nitrogens with two attached hydrogens (primary N) is 1. The summed E-state index contributed by atoms with van der Waals surface area (Å²) in [6.07, 6.45) is 0. The molecular formula is C6H11BrF5NS. The molecule has 0 radical (unpaired) electrons. The Labute approximate surface area is 90.5 Å². The standard InChI is InChI=1S/C6H6BrNS.5FH/c7-5-2-1-3-6(4-5)9-8;;;;;/h1-4H,8H2;5*1H. The molecule has 0 aliphatic carbocycles. The SMILES string of the molecule is F.F.F.F.F.NSc1cccc(Br)c1. The van der Waals surface area contributed by atoms with Crippen LogP contribution in [0.1, 0.15) is 0 Å². The molecule has 0 saturated heterocycles. The Balaban J connectivity index is -0.0000000540. The first-order valence-electron chi connectivity index (χ1n) is 2.45. The maximum absolute atomic E-state index is 5.31. The van der Waals surface area contributed by atoms with Crippen LogP contribution < -0.4 is 5.14 Å². The molecule has 0 aliphatic rings. The predicted octanol–water partition coefficient (Wildman–Crippen LogP) is 3.18. The van der Waals surface area contributed by atoms with Crippen LogP contribution in [0.15, 0.2) is 33.6 Å². The van der Waals surface area contributed by atoms with Gasteiger partial charge >= 0.3 is 0 Å². The molecule has 0 saturated carbocycles. The lowest BCUT2D eigenvalue weighted by Crippen LogP contribution is -1.77. The lowest BCUT2D eigenvalue weighted by Gasteiger charge is -1.93. The first-order chi connectivity index (χ1) is 4.33. The molecule has 2 N–H and O–H groups in total. The molecule has 14 heavy (non-hydrogen) atoms. The monoisotopic (exact) mass is 303 g/mol. The van der Waals surface area contributed by atoms with Gasteiger partial charge in [0.05, 0.1) is 0 Å². The van der Waals surface area contributed by atoms with Gasteiger partial charge in [0.25, 0.3) is 0 Å². The van der Waals surface area contributed by atoms with Crippen molar-refractivity contribution in [1.82, 2.24) is 0 Å². The van der Waals surface area contributed by atoms with Crippen LogP contribution in [-0.4, -0.2) is 0 Å². The third-order valence-electron chi connectivity index (χ3n) is 0.932. The topological polar surface area (TPSA) is 26.0 Å². The van der Waals surface area contributed by atoms with Crippen LogP contribution in [0.4, 0.5) is 23.5 Å². The van der Waals surface area contributed by atoms with Gasteiger partial charge in [-0.1, -0.05) is 22.0 Å². The average molecular weight is 304 g/mol. The Bertz CT molecular complexity index is 215. The van der Waals surface area contributed by atoms with Gasteiger partial charge < -0.3 is 0 Å². The Morgan fingerprint density at radius 2 is 1.50 bits per heavy atom. The van der Waals surface area contributed by atoms with E-state index in [4.69, 9.17) is 5.14 Å². The zero-order chi connectivity index (χ0) is 6.69. The smallest absolute Gasteiger partial charge is 0.0237 e. The summed E-state index contributed by atoms with van der Waals surface area (Å²) in [5, 5.41) is 5.31. The fraction of sp³-hybridized carbons (Fsp3) is 0. The van der Waals surface area contributed by atoms with Gasteiger partial charge in [-0.3, -0.25) is 28.7 Å². The molecule has 1 rings (SSSR count). The van der Waals surface area contributed by atoms with Gasteiger partial charge in [0.1, 0.15) is 0 Å². The van der Waals surface area contributed by atoms with Crippen molar-refractivity contribution >= 4 is 27.9 Å². The molecule has 0 atom stereocenters. The zero-order valence-electron chi connectivity index (χ0n) is 6.71. The summed E-state index contributed by atoms with van der Waals surface area (Å²) in [5.41, 5.74) is 0. The van der Waals surface area contributed by atoms with Crippen LogP contribution in [-0.2, 0) is 0 Å². The second-order valence-electron chi connectivity index (χ2n) is 1.58. The Kier molecular flexibility index (Phi) is 31.6. The minimum Gasteiger partial charge on any atom is -0.274 e. The van der Waals surface area contributed by atoms with Crippen molar-refractivity contribution in [2.24, 2.45) is 5.14 Å². The molecule has 1 nitrogen and oxygen atoms in total. The summed E-state index contributed by atoms with van der Waals surface area (Å²) in [6.45, 7) is 0. The number of hydrogen-bond acceptors (Lipinski definition) is 2. The van der Waals surface area contributed by atoms with Gasteiger partial charge in [0, 0.05) is 9.37 Å². The van der Waals surface area contributed by atoms with Crippen molar-refractivity contribution in [2.45, 2.75) is 4.90 Å².